The summed E-state index contributed by atoms with van der Waals surface area (Å²) in [6.45, 7) is 0. The minimum Gasteiger partial charge on any atom is -0.397 e. The third-order valence-corrected chi connectivity index (χ3v) is 2.85. The van der Waals surface area contributed by atoms with Crippen LogP contribution in [0.4, 0.5) is 11.4 Å². The van der Waals surface area contributed by atoms with E-state index in [0.717, 1.165) is 0 Å². The average molecular weight is 273 g/mol. The summed E-state index contributed by atoms with van der Waals surface area (Å²) in [4.78, 5) is 12.0. The molecule has 0 amide bonds. The number of carbonyl (C=O) groups is 1. The second-order valence-electron chi connectivity index (χ2n) is 3.92. The lowest BCUT2D eigenvalue weighted by atomic mass is 10.1. The smallest absolute Gasteiger partial charge is 0.205 e. The highest BCUT2D eigenvalue weighted by atomic mass is 35.5. The van der Waals surface area contributed by atoms with E-state index in [2.05, 4.69) is 5.32 Å². The minimum absolute atomic E-state index is 0.106. The largest absolute Gasteiger partial charge is 0.397 e. The molecule has 0 fully saturated rings. The highest BCUT2D eigenvalue weighted by molar-refractivity contribution is 6.45. The highest BCUT2D eigenvalue weighted by Crippen LogP contribution is 2.18. The minimum atomic E-state index is -0.232. The number of halogens is 1. The van der Waals surface area contributed by atoms with Gasteiger partial charge in [0.05, 0.1) is 11.4 Å². The van der Waals surface area contributed by atoms with Crippen LogP contribution >= 0.6 is 11.6 Å². The SMILES string of the molecule is Nc1ccccc1N/C=C(\Cl)C(=O)c1ccccc1. The highest BCUT2D eigenvalue weighted by Gasteiger charge is 2.09. The maximum Gasteiger partial charge on any atom is 0.205 e. The molecule has 0 saturated carbocycles. The predicted molar refractivity (Wildman–Crippen MR) is 79.2 cm³/mol. The van der Waals surface area contributed by atoms with Crippen molar-refractivity contribution >= 4 is 28.8 Å². The first-order valence-corrected chi connectivity index (χ1v) is 6.13. The molecule has 0 radical (unpaired) electrons. The Kier molecular flexibility index (Phi) is 4.21. The maximum atomic E-state index is 12.0. The molecular weight excluding hydrogens is 260 g/mol. The van der Waals surface area contributed by atoms with E-state index < -0.39 is 0 Å². The van der Waals surface area contributed by atoms with Crippen molar-refractivity contribution in [3.8, 4) is 0 Å². The van der Waals surface area contributed by atoms with Crippen molar-refractivity contribution in [3.63, 3.8) is 0 Å². The molecule has 0 aliphatic carbocycles. The molecule has 0 aliphatic rings. The monoisotopic (exact) mass is 272 g/mol. The van der Waals surface area contributed by atoms with E-state index in [1.165, 1.54) is 6.20 Å². The summed E-state index contributed by atoms with van der Waals surface area (Å²) in [7, 11) is 0. The summed E-state index contributed by atoms with van der Waals surface area (Å²) in [5.74, 6) is -0.232. The van der Waals surface area contributed by atoms with E-state index in [0.29, 0.717) is 16.9 Å². The first-order chi connectivity index (χ1) is 9.18. The third-order valence-electron chi connectivity index (χ3n) is 2.57. The van der Waals surface area contributed by atoms with Crippen molar-refractivity contribution in [2.75, 3.05) is 11.1 Å². The van der Waals surface area contributed by atoms with Gasteiger partial charge in [0.15, 0.2) is 0 Å². The van der Waals surface area contributed by atoms with Crippen LogP contribution in [0.25, 0.3) is 0 Å². The van der Waals surface area contributed by atoms with Gasteiger partial charge in [-0.3, -0.25) is 4.79 Å². The quantitative estimate of drug-likeness (QED) is 0.507. The van der Waals surface area contributed by atoms with Crippen molar-refractivity contribution in [2.45, 2.75) is 0 Å². The predicted octanol–water partition coefficient (Wildman–Crippen LogP) is 3.64. The number of hydrogen-bond acceptors (Lipinski definition) is 3. The molecule has 3 N–H and O–H groups in total. The van der Waals surface area contributed by atoms with E-state index in [1.807, 2.05) is 24.3 Å². The summed E-state index contributed by atoms with van der Waals surface area (Å²) in [5.41, 5.74) is 7.62. The Morgan fingerprint density at radius 1 is 1.05 bits per heavy atom. The third kappa shape index (κ3) is 3.36. The topological polar surface area (TPSA) is 55.1 Å². The number of ketones is 1. The average Bonchev–Trinajstić information content (AvgIpc) is 2.46. The first kappa shape index (κ1) is 13.2. The van der Waals surface area contributed by atoms with E-state index in [4.69, 9.17) is 17.3 Å². The lowest BCUT2D eigenvalue weighted by Gasteiger charge is -2.05. The van der Waals surface area contributed by atoms with Crippen LogP contribution in [0.5, 0.6) is 0 Å². The van der Waals surface area contributed by atoms with E-state index in [9.17, 15) is 4.79 Å². The normalized spacial score (nSPS) is 11.1. The van der Waals surface area contributed by atoms with Gasteiger partial charge in [-0.15, -0.1) is 0 Å². The Morgan fingerprint density at radius 3 is 2.37 bits per heavy atom. The van der Waals surface area contributed by atoms with Crippen LogP contribution in [-0.4, -0.2) is 5.78 Å². The molecule has 0 bridgehead atoms. The number of rotatable bonds is 4. The number of nitrogens with two attached hydrogens (primary N) is 1. The van der Waals surface area contributed by atoms with Gasteiger partial charge in [-0.05, 0) is 12.1 Å². The van der Waals surface area contributed by atoms with Crippen molar-refractivity contribution < 1.29 is 4.79 Å². The van der Waals surface area contributed by atoms with Crippen LogP contribution in [0, 0.1) is 0 Å². The van der Waals surface area contributed by atoms with Gasteiger partial charge in [-0.2, -0.15) is 0 Å². The van der Waals surface area contributed by atoms with Gasteiger partial charge in [0.2, 0.25) is 5.78 Å². The molecular formula is C15H13ClN2O. The number of benzene rings is 2. The second kappa shape index (κ2) is 6.07. The number of nitrogens with one attached hydrogen (secondary N) is 1. The molecule has 2 aromatic carbocycles. The van der Waals surface area contributed by atoms with Gasteiger partial charge >= 0.3 is 0 Å². The van der Waals surface area contributed by atoms with Gasteiger partial charge in [0.1, 0.15) is 5.03 Å². The molecule has 4 heteroatoms. The summed E-state index contributed by atoms with van der Waals surface area (Å²) in [5, 5.41) is 3.03. The molecule has 0 unspecified atom stereocenters. The van der Waals surface area contributed by atoms with E-state index >= 15 is 0 Å². The van der Waals surface area contributed by atoms with Crippen molar-refractivity contribution in [2.24, 2.45) is 0 Å². The Hall–Kier alpha value is -2.26. The van der Waals surface area contributed by atoms with E-state index in [-0.39, 0.29) is 10.8 Å². The summed E-state index contributed by atoms with van der Waals surface area (Å²) in [6, 6.07) is 16.1. The van der Waals surface area contributed by atoms with Gasteiger partial charge in [0, 0.05) is 11.8 Å². The van der Waals surface area contributed by atoms with Gasteiger partial charge in [0.25, 0.3) is 0 Å². The molecule has 96 valence electrons. The van der Waals surface area contributed by atoms with Crippen LogP contribution in [0.3, 0.4) is 0 Å². The number of para-hydroxylation sites is 2. The van der Waals surface area contributed by atoms with Crippen molar-refractivity contribution in [1.29, 1.82) is 0 Å². The molecule has 0 aliphatic heterocycles. The molecule has 2 aromatic rings. The van der Waals surface area contributed by atoms with Crippen LogP contribution < -0.4 is 11.1 Å². The fourth-order valence-electron chi connectivity index (χ4n) is 1.56. The number of hydrogen-bond donors (Lipinski definition) is 2. The fraction of sp³-hybridized carbons (Fsp3) is 0. The Balaban J connectivity index is 2.12. The number of nitrogen functional groups attached to an aromatic ring is 1. The van der Waals surface area contributed by atoms with Gasteiger partial charge in [-0.25, -0.2) is 0 Å². The molecule has 0 spiro atoms. The molecule has 2 rings (SSSR count). The summed E-state index contributed by atoms with van der Waals surface area (Å²) in [6.07, 6.45) is 1.45. The fourth-order valence-corrected chi connectivity index (χ4v) is 1.73. The van der Waals surface area contributed by atoms with Crippen LogP contribution in [-0.2, 0) is 0 Å². The number of Topliss-reactive ketones (excluding diaryl/α,β-unsaturated/α-hetero) is 1. The van der Waals surface area contributed by atoms with E-state index in [1.54, 1.807) is 30.3 Å². The zero-order valence-corrected chi connectivity index (χ0v) is 10.9. The first-order valence-electron chi connectivity index (χ1n) is 5.75. The number of carbonyl (C=O) groups excluding carboxylic acids is 1. The molecule has 19 heavy (non-hydrogen) atoms. The number of allylic oxidation sites excluding steroid dienone is 1. The van der Waals surface area contributed by atoms with Gasteiger partial charge in [-0.1, -0.05) is 54.1 Å². The Morgan fingerprint density at radius 2 is 1.68 bits per heavy atom. The Bertz CT molecular complexity index is 609. The Labute approximate surface area is 116 Å². The van der Waals surface area contributed by atoms with Crippen LogP contribution in [0.2, 0.25) is 0 Å². The van der Waals surface area contributed by atoms with Crippen LogP contribution in [0.1, 0.15) is 10.4 Å². The molecule has 3 nitrogen and oxygen atoms in total. The standard InChI is InChI=1S/C15H13ClN2O/c16-12(15(19)11-6-2-1-3-7-11)10-18-14-9-5-4-8-13(14)17/h1-10,18H,17H2/b12-10-. The molecule has 0 saturated heterocycles. The second-order valence-corrected chi connectivity index (χ2v) is 4.33. The van der Waals surface area contributed by atoms with Crippen molar-refractivity contribution in [1.82, 2.24) is 0 Å². The zero-order chi connectivity index (χ0) is 13.7. The van der Waals surface area contributed by atoms with Gasteiger partial charge < -0.3 is 11.1 Å². The lowest BCUT2D eigenvalue weighted by molar-refractivity contribution is 0.104. The number of anilines is 2. The summed E-state index contributed by atoms with van der Waals surface area (Å²) >= 11 is 5.98. The lowest BCUT2D eigenvalue weighted by Crippen LogP contribution is -2.02. The van der Waals surface area contributed by atoms with Crippen molar-refractivity contribution in [3.05, 3.63) is 71.4 Å². The molecule has 0 heterocycles. The molecule has 0 atom stereocenters. The zero-order valence-electron chi connectivity index (χ0n) is 10.1. The molecule has 0 aromatic heterocycles. The summed E-state index contributed by atoms with van der Waals surface area (Å²) < 4.78 is 0. The van der Waals surface area contributed by atoms with Crippen LogP contribution in [0.15, 0.2) is 65.8 Å². The maximum absolute atomic E-state index is 12.0.